The van der Waals surface area contributed by atoms with E-state index < -0.39 is 49.3 Å². The fourth-order valence-electron chi connectivity index (χ4n) is 2.00. The number of nitrogens with zero attached hydrogens (tertiary/aromatic N) is 1. The second-order valence-electron chi connectivity index (χ2n) is 8.78. The molecule has 0 aromatic carbocycles. The van der Waals surface area contributed by atoms with Crippen molar-refractivity contribution in [3.05, 3.63) is 0 Å². The normalized spacial score (nSPS) is 14.5. The minimum atomic E-state index is -3.69. The van der Waals surface area contributed by atoms with Gasteiger partial charge in [-0.05, 0) is 54.4 Å². The van der Waals surface area contributed by atoms with Gasteiger partial charge in [0.25, 0.3) is 6.47 Å². The number of rotatable bonds is 7. The van der Waals surface area contributed by atoms with Crippen LogP contribution in [0.1, 0.15) is 55.8 Å². The number of alkyl halides is 1. The van der Waals surface area contributed by atoms with Gasteiger partial charge in [0.1, 0.15) is 11.2 Å². The van der Waals surface area contributed by atoms with E-state index in [1.807, 2.05) is 0 Å². The van der Waals surface area contributed by atoms with Crippen LogP contribution in [0.4, 0.5) is 4.79 Å². The molecule has 0 saturated carbocycles. The summed E-state index contributed by atoms with van der Waals surface area (Å²) in [5, 5.41) is 8.43. The molecule has 0 bridgehead atoms. The topological polar surface area (TPSA) is 198 Å². The van der Waals surface area contributed by atoms with E-state index >= 15 is 0 Å². The minimum absolute atomic E-state index is 0. The van der Waals surface area contributed by atoms with Gasteiger partial charge >= 0.3 is 125 Å². The first-order chi connectivity index (χ1) is 15.8. The summed E-state index contributed by atoms with van der Waals surface area (Å²) in [6.07, 6.45) is 0.294. The summed E-state index contributed by atoms with van der Waals surface area (Å²) in [5.41, 5.74) is -1.37. The first-order valence-electron chi connectivity index (χ1n) is 10.3. The molecule has 1 aliphatic rings. The van der Waals surface area contributed by atoms with E-state index in [2.05, 4.69) is 14.3 Å². The molecule has 1 amide bonds. The summed E-state index contributed by atoms with van der Waals surface area (Å²) >= 11 is 5.40. The summed E-state index contributed by atoms with van der Waals surface area (Å²) in [4.78, 5) is 34.0. The average Bonchev–Trinajstić information content (AvgIpc) is 2.65. The molecule has 0 radical (unpaired) electrons. The van der Waals surface area contributed by atoms with Crippen LogP contribution in [-0.2, 0) is 44.2 Å². The zero-order chi connectivity index (χ0) is 27.9. The van der Waals surface area contributed by atoms with Crippen LogP contribution in [0.25, 0.3) is 0 Å². The Kier molecular flexibility index (Phi) is 27.3. The molecular formula is C18H36ClK2N3O11S2. The fourth-order valence-corrected chi connectivity index (χ4v) is 4.22. The number of carbonyl (C=O) groups excluding carboxylic acids is 3. The Morgan fingerprint density at radius 1 is 1.14 bits per heavy atom. The number of ether oxygens (including phenoxy) is 2. The smallest absolute Gasteiger partial charge is 1.00 e. The van der Waals surface area contributed by atoms with Crippen LogP contribution in [0.15, 0.2) is 0 Å². The van der Waals surface area contributed by atoms with Gasteiger partial charge in [0.2, 0.25) is 10.0 Å². The van der Waals surface area contributed by atoms with Crippen LogP contribution in [0, 0.1) is 0 Å². The molecule has 19 heteroatoms. The van der Waals surface area contributed by atoms with Crippen molar-refractivity contribution in [3.8, 4) is 0 Å². The molecule has 14 nitrogen and oxygen atoms in total. The van der Waals surface area contributed by atoms with Crippen molar-refractivity contribution < 1.29 is 155 Å². The molecule has 1 saturated heterocycles. The maximum absolute atomic E-state index is 11.5. The van der Waals surface area contributed by atoms with E-state index in [-0.39, 0.29) is 124 Å². The Morgan fingerprint density at radius 3 is 2.00 bits per heavy atom. The summed E-state index contributed by atoms with van der Waals surface area (Å²) in [7, 11) is -7.29. The summed E-state index contributed by atoms with van der Waals surface area (Å²) < 4.78 is 60.7. The van der Waals surface area contributed by atoms with E-state index in [0.717, 1.165) is 4.31 Å². The molecule has 210 valence electrons. The minimum Gasteiger partial charge on any atom is -1.00 e. The van der Waals surface area contributed by atoms with Crippen molar-refractivity contribution >= 4 is 50.4 Å². The maximum Gasteiger partial charge on any atom is 1.00 e. The Morgan fingerprint density at radius 2 is 1.62 bits per heavy atom. The van der Waals surface area contributed by atoms with E-state index in [1.165, 1.54) is 0 Å². The predicted octanol–water partition coefficient (Wildman–Crippen LogP) is -6.11. The third-order valence-electron chi connectivity index (χ3n) is 3.11. The standard InChI is InChI=1S/C9H18ClNO4S.C8H16N2O4S.CH2O3.2K.H/c1-9(2,3)15-8(12)7-16(13,14)11-6-4-5-10;1-8(2,3)14-7(11)10-6-4-5-9-15(10,12)13;2-1-4-3;;;/h11H,4-7H2,1-3H3;9H,4-6H2,1-3H3;1,3H;;;/q;;;2*+1;-1/p-1. The molecule has 1 heterocycles. The molecule has 0 unspecified atom stereocenters. The molecule has 0 aliphatic carbocycles. The number of sulfonamides is 1. The van der Waals surface area contributed by atoms with E-state index in [9.17, 15) is 26.4 Å². The van der Waals surface area contributed by atoms with Gasteiger partial charge in [-0.3, -0.25) is 9.59 Å². The number of nitrogens with one attached hydrogen (secondary N) is 2. The number of hydrogen-bond donors (Lipinski definition) is 2. The van der Waals surface area contributed by atoms with Crippen LogP contribution in [0.5, 0.6) is 0 Å². The molecule has 1 aliphatic heterocycles. The monoisotopic (exact) mass is 647 g/mol. The number of esters is 1. The molecule has 1 rings (SSSR count). The first kappa shape index (κ1) is 45.5. The Balaban J connectivity index is -0.000000156. The van der Waals surface area contributed by atoms with Crippen LogP contribution >= 0.6 is 11.6 Å². The van der Waals surface area contributed by atoms with Gasteiger partial charge in [-0.15, -0.1) is 11.6 Å². The average molecular weight is 648 g/mol. The van der Waals surface area contributed by atoms with Crippen LogP contribution < -0.4 is 117 Å². The van der Waals surface area contributed by atoms with Gasteiger partial charge in [-0.1, -0.05) is 0 Å². The van der Waals surface area contributed by atoms with Crippen molar-refractivity contribution in [1.29, 1.82) is 0 Å². The maximum atomic E-state index is 11.5. The molecule has 0 aromatic rings. The fraction of sp³-hybridized carbons (Fsp3) is 0.833. The van der Waals surface area contributed by atoms with E-state index in [4.69, 9.17) is 31.1 Å². The Hall–Kier alpha value is 1.55. The van der Waals surface area contributed by atoms with Gasteiger partial charge in [0.05, 0.1) is 0 Å². The Bertz CT molecular complexity index is 885. The van der Waals surface area contributed by atoms with Gasteiger partial charge in [0.15, 0.2) is 5.75 Å². The van der Waals surface area contributed by atoms with Gasteiger partial charge in [-0.2, -0.15) is 17.4 Å². The quantitative estimate of drug-likeness (QED) is 0.0507. The SMILES string of the molecule is CC(C)(C)OC(=O)CS(=O)(=O)NCCCCl.CC(C)(C)OC(=O)N1CCCNS1(=O)=O.O=CO[O-].[H-].[K+].[K+]. The first-order valence-corrected chi connectivity index (χ1v) is 13.9. The third kappa shape index (κ3) is 27.5. The van der Waals surface area contributed by atoms with Gasteiger partial charge < -0.3 is 21.0 Å². The third-order valence-corrected chi connectivity index (χ3v) is 6.12. The number of hydrogen-bond acceptors (Lipinski definition) is 11. The molecule has 0 atom stereocenters. The zero-order valence-corrected chi connectivity index (χ0v) is 31.3. The number of amides is 1. The predicted molar refractivity (Wildman–Crippen MR) is 126 cm³/mol. The summed E-state index contributed by atoms with van der Waals surface area (Å²) in [6.45, 7) is 10.7. The molecule has 0 aromatic heterocycles. The van der Waals surface area contributed by atoms with Crippen LogP contribution in [-0.4, -0.2) is 82.1 Å². The largest absolute Gasteiger partial charge is 1.00 e. The molecule has 0 spiro atoms. The number of carbonyl (C=O) groups is 3. The van der Waals surface area contributed by atoms with Crippen LogP contribution in [0.3, 0.4) is 0 Å². The summed E-state index contributed by atoms with van der Waals surface area (Å²) in [6, 6.07) is 0. The van der Waals surface area contributed by atoms with Crippen molar-refractivity contribution in [2.45, 2.75) is 65.6 Å². The second kappa shape index (κ2) is 22.2. The van der Waals surface area contributed by atoms with Gasteiger partial charge in [0, 0.05) is 25.5 Å². The van der Waals surface area contributed by atoms with Crippen LogP contribution in [0.2, 0.25) is 0 Å². The summed E-state index contributed by atoms with van der Waals surface area (Å²) in [5.74, 6) is -1.05. The Labute approximate surface area is 311 Å². The molecule has 1 fully saturated rings. The number of halogens is 1. The molecular weight excluding hydrogens is 612 g/mol. The van der Waals surface area contributed by atoms with E-state index in [0.29, 0.717) is 25.3 Å². The van der Waals surface area contributed by atoms with Gasteiger partial charge in [-0.25, -0.2) is 17.9 Å². The van der Waals surface area contributed by atoms with Crippen molar-refractivity contribution in [3.63, 3.8) is 0 Å². The zero-order valence-electron chi connectivity index (χ0n) is 23.7. The van der Waals surface area contributed by atoms with E-state index in [1.54, 1.807) is 41.5 Å². The van der Waals surface area contributed by atoms with Crippen molar-refractivity contribution in [2.24, 2.45) is 0 Å². The second-order valence-corrected chi connectivity index (χ2v) is 12.6. The van der Waals surface area contributed by atoms with Crippen molar-refractivity contribution in [2.75, 3.05) is 31.3 Å². The van der Waals surface area contributed by atoms with Crippen molar-refractivity contribution in [1.82, 2.24) is 13.7 Å². The molecule has 2 N–H and O–H groups in total. The molecule has 37 heavy (non-hydrogen) atoms.